The Morgan fingerprint density at radius 2 is 2.00 bits per heavy atom. The average Bonchev–Trinajstić information content (AvgIpc) is 3.28. The molecular weight excluding hydrogens is 370 g/mol. The third-order valence-electron chi connectivity index (χ3n) is 5.40. The zero-order valence-electron chi connectivity index (χ0n) is 15.9. The van der Waals surface area contributed by atoms with Crippen LogP contribution in [0, 0.1) is 11.5 Å². The van der Waals surface area contributed by atoms with Crippen molar-refractivity contribution in [3.8, 4) is 6.19 Å². The van der Waals surface area contributed by atoms with Gasteiger partial charge in [-0.2, -0.15) is 5.26 Å². The molecular formula is C21H25N5OS. The fourth-order valence-corrected chi connectivity index (χ4v) is 4.46. The van der Waals surface area contributed by atoms with Crippen molar-refractivity contribution in [1.82, 2.24) is 16.0 Å². The number of thiophene rings is 1. The summed E-state index contributed by atoms with van der Waals surface area (Å²) in [5.41, 5.74) is 1.18. The standard InChI is InChI=1S/C21H25N5OS/c1-23-20(25-15-22)26-17-9-11-21(12-10-17,16-6-3-2-4-7-16)14-24-19(27)18-8-5-13-28-18/h2-8,13,17H,9-12,14H2,1H3,(H,24,27)(H2,23,25,26)/t17-,21-. The molecule has 3 N–H and O–H groups in total. The van der Waals surface area contributed by atoms with Crippen LogP contribution in [-0.2, 0) is 5.41 Å². The molecule has 1 aliphatic carbocycles. The van der Waals surface area contributed by atoms with E-state index in [4.69, 9.17) is 5.26 Å². The van der Waals surface area contributed by atoms with Gasteiger partial charge >= 0.3 is 0 Å². The molecule has 1 aromatic carbocycles. The van der Waals surface area contributed by atoms with E-state index in [9.17, 15) is 4.79 Å². The molecule has 0 spiro atoms. The van der Waals surface area contributed by atoms with Crippen molar-refractivity contribution in [3.63, 3.8) is 0 Å². The number of nitriles is 1. The number of aliphatic imine (C=N–C) groups is 1. The highest BCUT2D eigenvalue weighted by atomic mass is 32.1. The van der Waals surface area contributed by atoms with Gasteiger partial charge in [-0.05, 0) is 42.7 Å². The topological polar surface area (TPSA) is 89.3 Å². The first-order valence-corrected chi connectivity index (χ1v) is 10.3. The second kappa shape index (κ2) is 9.38. The summed E-state index contributed by atoms with van der Waals surface area (Å²) in [5.74, 6) is 0.495. The van der Waals surface area contributed by atoms with Crippen LogP contribution >= 0.6 is 11.3 Å². The van der Waals surface area contributed by atoms with Gasteiger partial charge in [0.1, 0.15) is 0 Å². The Kier molecular flexibility index (Phi) is 6.66. The summed E-state index contributed by atoms with van der Waals surface area (Å²) in [6.07, 6.45) is 5.59. The number of guanidine groups is 1. The monoisotopic (exact) mass is 395 g/mol. The highest BCUT2D eigenvalue weighted by Crippen LogP contribution is 2.39. The molecule has 146 valence electrons. The molecule has 0 saturated heterocycles. The van der Waals surface area contributed by atoms with Gasteiger partial charge in [-0.1, -0.05) is 36.4 Å². The lowest BCUT2D eigenvalue weighted by molar-refractivity contribution is 0.0939. The number of hydrogen-bond acceptors (Lipinski definition) is 4. The fourth-order valence-electron chi connectivity index (χ4n) is 3.82. The number of nitrogens with one attached hydrogen (secondary N) is 3. The number of carbonyl (C=O) groups excluding carboxylic acids is 1. The first-order chi connectivity index (χ1) is 13.7. The SMILES string of the molecule is CN/C(=N\C#N)N[C@H]1CC[C@](CNC(=O)c2cccs2)(c2ccccc2)CC1. The second-order valence-corrected chi connectivity index (χ2v) is 7.98. The van der Waals surface area contributed by atoms with Crippen LogP contribution in [0.4, 0.5) is 0 Å². The van der Waals surface area contributed by atoms with E-state index in [-0.39, 0.29) is 17.4 Å². The second-order valence-electron chi connectivity index (χ2n) is 7.04. The third-order valence-corrected chi connectivity index (χ3v) is 6.27. The van der Waals surface area contributed by atoms with Crippen molar-refractivity contribution in [2.45, 2.75) is 37.1 Å². The van der Waals surface area contributed by atoms with Crippen LogP contribution in [-0.4, -0.2) is 31.5 Å². The molecule has 0 radical (unpaired) electrons. The van der Waals surface area contributed by atoms with Crippen LogP contribution in [0.5, 0.6) is 0 Å². The van der Waals surface area contributed by atoms with E-state index in [0.29, 0.717) is 12.5 Å². The first-order valence-electron chi connectivity index (χ1n) is 9.45. The molecule has 0 atom stereocenters. The minimum atomic E-state index is -0.0848. The number of benzene rings is 1. The normalized spacial score (nSPS) is 22.1. The maximum absolute atomic E-state index is 12.5. The molecule has 1 fully saturated rings. The van der Waals surface area contributed by atoms with E-state index in [1.807, 2.05) is 29.8 Å². The number of nitrogens with zero attached hydrogens (tertiary/aromatic N) is 2. The Labute approximate surface area is 169 Å². The Bertz CT molecular complexity index is 833. The van der Waals surface area contributed by atoms with Crippen LogP contribution in [0.3, 0.4) is 0 Å². The molecule has 1 amide bonds. The molecule has 2 aromatic rings. The molecule has 1 heterocycles. The number of rotatable bonds is 5. The maximum atomic E-state index is 12.5. The summed E-state index contributed by atoms with van der Waals surface area (Å²) < 4.78 is 0. The van der Waals surface area contributed by atoms with Crippen LogP contribution in [0.1, 0.15) is 40.9 Å². The average molecular weight is 396 g/mol. The largest absolute Gasteiger partial charge is 0.359 e. The Morgan fingerprint density at radius 3 is 2.61 bits per heavy atom. The van der Waals surface area contributed by atoms with Crippen molar-refractivity contribution < 1.29 is 4.79 Å². The summed E-state index contributed by atoms with van der Waals surface area (Å²) in [6, 6.07) is 14.4. The summed E-state index contributed by atoms with van der Waals surface area (Å²) in [7, 11) is 1.75. The molecule has 0 bridgehead atoms. The van der Waals surface area contributed by atoms with Crippen molar-refractivity contribution >= 4 is 23.2 Å². The van der Waals surface area contributed by atoms with Gasteiger partial charge in [0, 0.05) is 25.0 Å². The van der Waals surface area contributed by atoms with Gasteiger partial charge < -0.3 is 16.0 Å². The van der Waals surface area contributed by atoms with E-state index < -0.39 is 0 Å². The molecule has 1 aliphatic rings. The molecule has 3 rings (SSSR count). The number of hydrogen-bond donors (Lipinski definition) is 3. The van der Waals surface area contributed by atoms with Crippen LogP contribution in [0.15, 0.2) is 52.8 Å². The van der Waals surface area contributed by atoms with E-state index >= 15 is 0 Å². The highest BCUT2D eigenvalue weighted by Gasteiger charge is 2.37. The zero-order valence-corrected chi connectivity index (χ0v) is 16.8. The van der Waals surface area contributed by atoms with Crippen molar-refractivity contribution in [2.75, 3.05) is 13.6 Å². The third kappa shape index (κ3) is 4.70. The Hall–Kier alpha value is -2.85. The van der Waals surface area contributed by atoms with Crippen LogP contribution in [0.2, 0.25) is 0 Å². The first kappa shape index (κ1) is 19.9. The van der Waals surface area contributed by atoms with E-state index in [1.54, 1.807) is 7.05 Å². The van der Waals surface area contributed by atoms with Crippen LogP contribution < -0.4 is 16.0 Å². The van der Waals surface area contributed by atoms with Crippen molar-refractivity contribution in [1.29, 1.82) is 5.26 Å². The molecule has 1 aromatic heterocycles. The Morgan fingerprint density at radius 1 is 1.25 bits per heavy atom. The molecule has 1 saturated carbocycles. The quantitative estimate of drug-likeness (QED) is 0.412. The number of amides is 1. The molecule has 0 unspecified atom stereocenters. The molecule has 28 heavy (non-hydrogen) atoms. The van der Waals surface area contributed by atoms with E-state index in [0.717, 1.165) is 30.6 Å². The van der Waals surface area contributed by atoms with E-state index in [2.05, 4.69) is 45.2 Å². The van der Waals surface area contributed by atoms with Gasteiger partial charge in [0.05, 0.1) is 4.88 Å². The van der Waals surface area contributed by atoms with Gasteiger partial charge in [-0.25, -0.2) is 0 Å². The van der Waals surface area contributed by atoms with Crippen molar-refractivity contribution in [2.24, 2.45) is 4.99 Å². The summed E-state index contributed by atoms with van der Waals surface area (Å²) >= 11 is 1.46. The molecule has 0 aliphatic heterocycles. The Balaban J connectivity index is 1.70. The fraction of sp³-hybridized carbons (Fsp3) is 0.381. The van der Waals surface area contributed by atoms with E-state index in [1.165, 1.54) is 16.9 Å². The summed E-state index contributed by atoms with van der Waals surface area (Å²) in [6.45, 7) is 0.617. The highest BCUT2D eigenvalue weighted by molar-refractivity contribution is 7.12. The predicted molar refractivity (Wildman–Crippen MR) is 112 cm³/mol. The van der Waals surface area contributed by atoms with Crippen LogP contribution in [0.25, 0.3) is 0 Å². The smallest absolute Gasteiger partial charge is 0.261 e. The molecule has 7 heteroatoms. The molecule has 6 nitrogen and oxygen atoms in total. The van der Waals surface area contributed by atoms with Gasteiger partial charge in [0.15, 0.2) is 0 Å². The zero-order chi connectivity index (χ0) is 19.8. The summed E-state index contributed by atoms with van der Waals surface area (Å²) in [4.78, 5) is 17.0. The van der Waals surface area contributed by atoms with Gasteiger partial charge in [-0.15, -0.1) is 16.3 Å². The van der Waals surface area contributed by atoms with Crippen molar-refractivity contribution in [3.05, 3.63) is 58.3 Å². The lowest BCUT2D eigenvalue weighted by Gasteiger charge is -2.41. The summed E-state index contributed by atoms with van der Waals surface area (Å²) in [5, 5.41) is 20.1. The number of carbonyl (C=O) groups is 1. The predicted octanol–water partition coefficient (Wildman–Crippen LogP) is 3.00. The van der Waals surface area contributed by atoms with Gasteiger partial charge in [0.25, 0.3) is 5.91 Å². The lowest BCUT2D eigenvalue weighted by atomic mass is 9.68. The van der Waals surface area contributed by atoms with Gasteiger partial charge in [0.2, 0.25) is 12.2 Å². The van der Waals surface area contributed by atoms with Gasteiger partial charge in [-0.3, -0.25) is 4.79 Å². The maximum Gasteiger partial charge on any atom is 0.261 e. The minimum absolute atomic E-state index is 0.0100. The minimum Gasteiger partial charge on any atom is -0.359 e. The lowest BCUT2D eigenvalue weighted by Crippen LogP contribution is -2.49.